The summed E-state index contributed by atoms with van der Waals surface area (Å²) in [5, 5.41) is 0.352. The normalized spacial score (nSPS) is 11.4. The number of hydrogen-bond donors (Lipinski definition) is 2. The van der Waals surface area contributed by atoms with Gasteiger partial charge in [-0.3, -0.25) is 4.72 Å². The van der Waals surface area contributed by atoms with Crippen LogP contribution in [0, 0.1) is 6.92 Å². The van der Waals surface area contributed by atoms with Gasteiger partial charge >= 0.3 is 0 Å². The molecule has 0 spiro atoms. The van der Waals surface area contributed by atoms with Gasteiger partial charge in [-0.25, -0.2) is 8.42 Å². The zero-order valence-electron chi connectivity index (χ0n) is 11.2. The van der Waals surface area contributed by atoms with E-state index in [1.807, 2.05) is 19.1 Å². The highest BCUT2D eigenvalue weighted by Gasteiger charge is 2.21. The zero-order chi connectivity index (χ0) is 15.6. The van der Waals surface area contributed by atoms with Crippen molar-refractivity contribution in [2.75, 3.05) is 4.72 Å². The first-order valence-electron chi connectivity index (χ1n) is 6.11. The number of sulfonamides is 1. The smallest absolute Gasteiger partial charge is 0.263 e. The van der Waals surface area contributed by atoms with Crippen molar-refractivity contribution in [3.8, 4) is 0 Å². The quantitative estimate of drug-likeness (QED) is 0.890. The van der Waals surface area contributed by atoms with Crippen LogP contribution in [-0.4, -0.2) is 8.42 Å². The number of benzene rings is 2. The largest absolute Gasteiger partial charge is 0.326 e. The molecule has 2 aromatic rings. The Hall–Kier alpha value is -1.27. The summed E-state index contributed by atoms with van der Waals surface area (Å²) in [4.78, 5) is -0.0855. The van der Waals surface area contributed by atoms with Gasteiger partial charge in [-0.2, -0.15) is 0 Å². The molecule has 0 saturated carbocycles. The molecule has 0 aliphatic heterocycles. The number of nitrogens with two attached hydrogens (primary N) is 1. The van der Waals surface area contributed by atoms with E-state index in [4.69, 9.17) is 28.9 Å². The lowest BCUT2D eigenvalue weighted by Gasteiger charge is -2.12. The summed E-state index contributed by atoms with van der Waals surface area (Å²) in [5.41, 5.74) is 7.50. The van der Waals surface area contributed by atoms with E-state index in [1.54, 1.807) is 18.2 Å². The highest BCUT2D eigenvalue weighted by molar-refractivity contribution is 7.92. The molecule has 3 N–H and O–H groups in total. The fourth-order valence-corrected chi connectivity index (χ4v) is 3.80. The average Bonchev–Trinajstić information content (AvgIpc) is 2.43. The molecule has 0 atom stereocenters. The number of aryl methyl sites for hydroxylation is 1. The first-order valence-corrected chi connectivity index (χ1v) is 8.35. The Balaban J connectivity index is 2.44. The van der Waals surface area contributed by atoms with Crippen molar-refractivity contribution in [1.29, 1.82) is 0 Å². The summed E-state index contributed by atoms with van der Waals surface area (Å²) in [7, 11) is -3.83. The predicted octanol–water partition coefficient (Wildman–Crippen LogP) is 3.56. The molecule has 7 heteroatoms. The summed E-state index contributed by atoms with van der Waals surface area (Å²) in [5.74, 6) is 0. The molecule has 2 aromatic carbocycles. The van der Waals surface area contributed by atoms with E-state index in [0.717, 1.165) is 5.56 Å². The van der Waals surface area contributed by atoms with E-state index in [0.29, 0.717) is 11.3 Å². The van der Waals surface area contributed by atoms with Crippen LogP contribution in [0.15, 0.2) is 41.3 Å². The lowest BCUT2D eigenvalue weighted by atomic mass is 10.2. The maximum absolute atomic E-state index is 12.4. The molecule has 0 radical (unpaired) electrons. The van der Waals surface area contributed by atoms with Gasteiger partial charge in [0, 0.05) is 17.3 Å². The van der Waals surface area contributed by atoms with Crippen LogP contribution >= 0.6 is 23.2 Å². The van der Waals surface area contributed by atoms with Crippen molar-refractivity contribution in [3.63, 3.8) is 0 Å². The Morgan fingerprint density at radius 1 is 1.14 bits per heavy atom. The molecule has 4 nitrogen and oxygen atoms in total. The van der Waals surface area contributed by atoms with Gasteiger partial charge in [0.05, 0.1) is 5.02 Å². The molecular formula is C14H14Cl2N2O2S. The lowest BCUT2D eigenvalue weighted by molar-refractivity contribution is 0.601. The van der Waals surface area contributed by atoms with E-state index in [-0.39, 0.29) is 21.5 Å². The van der Waals surface area contributed by atoms with Gasteiger partial charge in [-0.05, 0) is 36.8 Å². The van der Waals surface area contributed by atoms with Gasteiger partial charge < -0.3 is 5.73 Å². The van der Waals surface area contributed by atoms with Crippen molar-refractivity contribution in [3.05, 3.63) is 57.6 Å². The van der Waals surface area contributed by atoms with Gasteiger partial charge in [-0.15, -0.1) is 0 Å². The number of hydrogen-bond acceptors (Lipinski definition) is 3. The highest BCUT2D eigenvalue weighted by atomic mass is 35.5. The van der Waals surface area contributed by atoms with Crippen LogP contribution in [0.2, 0.25) is 10.0 Å². The topological polar surface area (TPSA) is 72.2 Å². The Morgan fingerprint density at radius 3 is 2.33 bits per heavy atom. The maximum atomic E-state index is 12.4. The van der Waals surface area contributed by atoms with Crippen molar-refractivity contribution in [2.45, 2.75) is 18.4 Å². The van der Waals surface area contributed by atoms with Crippen LogP contribution in [0.3, 0.4) is 0 Å². The molecular weight excluding hydrogens is 331 g/mol. The summed E-state index contributed by atoms with van der Waals surface area (Å²) in [6.07, 6.45) is 0. The average molecular weight is 345 g/mol. The van der Waals surface area contributed by atoms with Crippen molar-refractivity contribution in [1.82, 2.24) is 0 Å². The summed E-state index contributed by atoms with van der Waals surface area (Å²) < 4.78 is 27.3. The van der Waals surface area contributed by atoms with Crippen LogP contribution in [0.4, 0.5) is 5.69 Å². The Labute approximate surface area is 133 Å². The van der Waals surface area contributed by atoms with Crippen LogP contribution in [0.25, 0.3) is 0 Å². The number of rotatable bonds is 4. The second-order valence-corrected chi connectivity index (χ2v) is 7.02. The molecule has 0 aliphatic carbocycles. The van der Waals surface area contributed by atoms with Gasteiger partial charge in [-0.1, -0.05) is 40.9 Å². The third-order valence-electron chi connectivity index (χ3n) is 2.89. The minimum Gasteiger partial charge on any atom is -0.326 e. The fourth-order valence-electron chi connectivity index (χ4n) is 1.79. The van der Waals surface area contributed by atoms with Crippen molar-refractivity contribution >= 4 is 38.9 Å². The van der Waals surface area contributed by atoms with Gasteiger partial charge in [0.2, 0.25) is 0 Å². The van der Waals surface area contributed by atoms with Crippen molar-refractivity contribution in [2.24, 2.45) is 5.73 Å². The summed E-state index contributed by atoms with van der Waals surface area (Å²) >= 11 is 12.0. The minimum absolute atomic E-state index is 0.0847. The molecule has 0 fully saturated rings. The third kappa shape index (κ3) is 3.68. The molecule has 0 amide bonds. The summed E-state index contributed by atoms with van der Waals surface area (Å²) in [6, 6.07) is 9.82. The van der Waals surface area contributed by atoms with Crippen LogP contribution < -0.4 is 10.5 Å². The Morgan fingerprint density at radius 2 is 1.76 bits per heavy atom. The van der Waals surface area contributed by atoms with E-state index in [9.17, 15) is 8.42 Å². The molecule has 0 aliphatic rings. The third-order valence-corrected chi connectivity index (χ3v) is 5.07. The SMILES string of the molecule is Cc1ccc(NS(=O)(=O)c2cc(Cl)cc(CN)c2Cl)cc1. The second-order valence-electron chi connectivity index (χ2n) is 4.55. The van der Waals surface area contributed by atoms with Gasteiger partial charge in [0.1, 0.15) is 4.90 Å². The van der Waals surface area contributed by atoms with Crippen LogP contribution in [0.1, 0.15) is 11.1 Å². The number of halogens is 2. The first-order chi connectivity index (χ1) is 9.83. The molecule has 0 unspecified atom stereocenters. The molecule has 0 saturated heterocycles. The molecule has 112 valence electrons. The Kier molecular flexibility index (Phi) is 4.78. The first kappa shape index (κ1) is 16.1. The monoisotopic (exact) mass is 344 g/mol. The zero-order valence-corrected chi connectivity index (χ0v) is 13.6. The van der Waals surface area contributed by atoms with Crippen LogP contribution in [0.5, 0.6) is 0 Å². The predicted molar refractivity (Wildman–Crippen MR) is 86.3 cm³/mol. The summed E-state index contributed by atoms with van der Waals surface area (Å²) in [6.45, 7) is 2.02. The maximum Gasteiger partial charge on any atom is 0.263 e. The molecule has 0 heterocycles. The van der Waals surface area contributed by atoms with E-state index in [1.165, 1.54) is 6.07 Å². The van der Waals surface area contributed by atoms with Gasteiger partial charge in [0.15, 0.2) is 0 Å². The standard InChI is InChI=1S/C14H14Cl2N2O2S/c1-9-2-4-12(5-3-9)18-21(19,20)13-7-11(15)6-10(8-17)14(13)16/h2-7,18H,8,17H2,1H3. The molecule has 21 heavy (non-hydrogen) atoms. The number of nitrogens with one attached hydrogen (secondary N) is 1. The van der Waals surface area contributed by atoms with E-state index in [2.05, 4.69) is 4.72 Å². The highest BCUT2D eigenvalue weighted by Crippen LogP contribution is 2.30. The molecule has 0 bridgehead atoms. The second kappa shape index (κ2) is 6.23. The fraction of sp³-hybridized carbons (Fsp3) is 0.143. The van der Waals surface area contributed by atoms with E-state index >= 15 is 0 Å². The molecule has 0 aromatic heterocycles. The van der Waals surface area contributed by atoms with Crippen LogP contribution in [-0.2, 0) is 16.6 Å². The minimum atomic E-state index is -3.83. The number of anilines is 1. The van der Waals surface area contributed by atoms with Gasteiger partial charge in [0.25, 0.3) is 10.0 Å². The lowest BCUT2D eigenvalue weighted by Crippen LogP contribution is -2.14. The molecule has 2 rings (SSSR count). The van der Waals surface area contributed by atoms with E-state index < -0.39 is 10.0 Å². The van der Waals surface area contributed by atoms with Crippen molar-refractivity contribution < 1.29 is 8.42 Å². The Bertz CT molecular complexity index is 759.